The summed E-state index contributed by atoms with van der Waals surface area (Å²) >= 11 is 11.7. The Hall–Kier alpha value is -0.480. The van der Waals surface area contributed by atoms with Crippen LogP contribution in [0.15, 0.2) is 12.1 Å². The van der Waals surface area contributed by atoms with Gasteiger partial charge in [0.2, 0.25) is 0 Å². The molecule has 0 fully saturated rings. The van der Waals surface area contributed by atoms with Crippen molar-refractivity contribution in [1.82, 2.24) is 5.32 Å². The predicted molar refractivity (Wildman–Crippen MR) is 65.7 cm³/mol. The fourth-order valence-electron chi connectivity index (χ4n) is 1.68. The number of halogens is 3. The molecule has 0 saturated heterocycles. The van der Waals surface area contributed by atoms with E-state index in [-0.39, 0.29) is 12.4 Å². The van der Waals surface area contributed by atoms with Crippen molar-refractivity contribution in [1.29, 1.82) is 0 Å². The summed E-state index contributed by atoms with van der Waals surface area (Å²) in [5, 5.41) is 12.8. The Kier molecular flexibility index (Phi) is 4.44. The van der Waals surface area contributed by atoms with Gasteiger partial charge in [-0.15, -0.1) is 12.4 Å². The molecule has 1 aromatic rings. The van der Waals surface area contributed by atoms with Crippen LogP contribution < -0.4 is 5.32 Å². The minimum absolute atomic E-state index is 0. The van der Waals surface area contributed by atoms with E-state index in [4.69, 9.17) is 28.3 Å². The number of carboxylic acid groups (broad SMARTS) is 1. The summed E-state index contributed by atoms with van der Waals surface area (Å²) < 4.78 is 0. The molecule has 0 spiro atoms. The van der Waals surface area contributed by atoms with Crippen LogP contribution in [-0.4, -0.2) is 17.1 Å². The van der Waals surface area contributed by atoms with Gasteiger partial charge in [0.15, 0.2) is 0 Å². The molecule has 16 heavy (non-hydrogen) atoms. The molecule has 1 aromatic carbocycles. The Bertz CT molecular complexity index is 423. The van der Waals surface area contributed by atoms with E-state index in [2.05, 4.69) is 5.32 Å². The van der Waals surface area contributed by atoms with Crippen molar-refractivity contribution in [2.24, 2.45) is 0 Å². The lowest BCUT2D eigenvalue weighted by atomic mass is 9.96. The van der Waals surface area contributed by atoms with E-state index in [0.29, 0.717) is 23.0 Å². The van der Waals surface area contributed by atoms with Crippen molar-refractivity contribution in [3.63, 3.8) is 0 Å². The fraction of sp³-hybridized carbons (Fsp3) is 0.300. The summed E-state index contributed by atoms with van der Waals surface area (Å²) in [7, 11) is 0. The summed E-state index contributed by atoms with van der Waals surface area (Å²) in [6.45, 7) is 0.517. The highest BCUT2D eigenvalue weighted by Crippen LogP contribution is 2.28. The maximum atomic E-state index is 10.8. The second kappa shape index (κ2) is 5.23. The lowest BCUT2D eigenvalue weighted by Crippen LogP contribution is -2.41. The van der Waals surface area contributed by atoms with Crippen LogP contribution in [0.3, 0.4) is 0 Å². The zero-order chi connectivity index (χ0) is 11.0. The van der Waals surface area contributed by atoms with Gasteiger partial charge in [-0.05, 0) is 29.7 Å². The van der Waals surface area contributed by atoms with Gasteiger partial charge in [0, 0.05) is 6.54 Å². The molecule has 0 amide bonds. The van der Waals surface area contributed by atoms with E-state index in [1.165, 1.54) is 0 Å². The summed E-state index contributed by atoms with van der Waals surface area (Å²) in [5.74, 6) is -0.841. The molecule has 6 heteroatoms. The van der Waals surface area contributed by atoms with E-state index in [1.54, 1.807) is 12.1 Å². The molecule has 0 unspecified atom stereocenters. The highest BCUT2D eigenvalue weighted by atomic mass is 35.5. The van der Waals surface area contributed by atoms with Crippen LogP contribution in [0.4, 0.5) is 0 Å². The van der Waals surface area contributed by atoms with E-state index in [9.17, 15) is 4.79 Å². The maximum Gasteiger partial charge on any atom is 0.321 e. The Labute approximate surface area is 109 Å². The van der Waals surface area contributed by atoms with Crippen LogP contribution in [0.2, 0.25) is 10.0 Å². The predicted octanol–water partition coefficient (Wildman–Crippen LogP) is 2.51. The number of carbonyl (C=O) groups is 1. The number of fused-ring (bicyclic) bond motifs is 1. The topological polar surface area (TPSA) is 49.3 Å². The molecule has 1 atom stereocenters. The van der Waals surface area contributed by atoms with E-state index in [1.807, 2.05) is 0 Å². The first-order chi connectivity index (χ1) is 7.08. The number of aliphatic carboxylic acids is 1. The third-order valence-electron chi connectivity index (χ3n) is 2.50. The molecule has 0 bridgehead atoms. The van der Waals surface area contributed by atoms with E-state index < -0.39 is 12.0 Å². The minimum Gasteiger partial charge on any atom is -0.480 e. The molecule has 0 saturated carbocycles. The van der Waals surface area contributed by atoms with Gasteiger partial charge >= 0.3 is 5.97 Å². The van der Waals surface area contributed by atoms with Gasteiger partial charge in [-0.1, -0.05) is 23.2 Å². The van der Waals surface area contributed by atoms with Gasteiger partial charge in [0.05, 0.1) is 10.0 Å². The normalized spacial score (nSPS) is 18.5. The number of hydrogen-bond donors (Lipinski definition) is 2. The van der Waals surface area contributed by atoms with Crippen molar-refractivity contribution < 1.29 is 9.90 Å². The average molecular weight is 283 g/mol. The highest BCUT2D eigenvalue weighted by Gasteiger charge is 2.24. The van der Waals surface area contributed by atoms with Crippen LogP contribution in [0.5, 0.6) is 0 Å². The number of benzene rings is 1. The van der Waals surface area contributed by atoms with E-state index in [0.717, 1.165) is 11.1 Å². The number of hydrogen-bond acceptors (Lipinski definition) is 2. The molecular formula is C10H10Cl3NO2. The number of rotatable bonds is 1. The molecule has 88 valence electrons. The molecule has 1 aliphatic rings. The largest absolute Gasteiger partial charge is 0.480 e. The molecule has 0 aliphatic carbocycles. The molecule has 3 nitrogen and oxygen atoms in total. The standard InChI is InChI=1S/C10H9Cl2NO2.ClH/c11-7-1-5-3-9(10(14)15)13-4-6(5)2-8(7)12;/h1-2,9,13H,3-4H2,(H,14,15);1H/t9-;/m1./s1. The van der Waals surface area contributed by atoms with Crippen LogP contribution in [0.1, 0.15) is 11.1 Å². The van der Waals surface area contributed by atoms with Gasteiger partial charge in [0.25, 0.3) is 0 Å². The SMILES string of the molecule is Cl.O=C(O)[C@H]1Cc2cc(Cl)c(Cl)cc2CN1. The molecule has 0 radical (unpaired) electrons. The number of nitrogens with one attached hydrogen (secondary N) is 1. The Morgan fingerprint density at radius 3 is 2.44 bits per heavy atom. The first-order valence-electron chi connectivity index (χ1n) is 4.51. The van der Waals surface area contributed by atoms with Gasteiger partial charge in [-0.2, -0.15) is 0 Å². The smallest absolute Gasteiger partial charge is 0.321 e. The Morgan fingerprint density at radius 1 is 1.31 bits per heavy atom. The minimum atomic E-state index is -0.841. The summed E-state index contributed by atoms with van der Waals surface area (Å²) in [6.07, 6.45) is 0.446. The van der Waals surface area contributed by atoms with Crippen molar-refractivity contribution in [2.45, 2.75) is 19.0 Å². The van der Waals surface area contributed by atoms with Gasteiger partial charge in [-0.3, -0.25) is 4.79 Å². The molecule has 1 heterocycles. The van der Waals surface area contributed by atoms with Crippen molar-refractivity contribution in [3.05, 3.63) is 33.3 Å². The molecule has 0 aromatic heterocycles. The molecule has 2 rings (SSSR count). The summed E-state index contributed by atoms with van der Waals surface area (Å²) in [4.78, 5) is 10.8. The van der Waals surface area contributed by atoms with E-state index >= 15 is 0 Å². The fourth-order valence-corrected chi connectivity index (χ4v) is 2.06. The van der Waals surface area contributed by atoms with Crippen LogP contribution in [0.25, 0.3) is 0 Å². The highest BCUT2D eigenvalue weighted by molar-refractivity contribution is 6.42. The Morgan fingerprint density at radius 2 is 1.88 bits per heavy atom. The van der Waals surface area contributed by atoms with Gasteiger partial charge < -0.3 is 10.4 Å². The van der Waals surface area contributed by atoms with Gasteiger partial charge in [0.1, 0.15) is 6.04 Å². The van der Waals surface area contributed by atoms with Crippen LogP contribution >= 0.6 is 35.6 Å². The maximum absolute atomic E-state index is 10.8. The third-order valence-corrected chi connectivity index (χ3v) is 3.23. The van der Waals surface area contributed by atoms with Crippen molar-refractivity contribution in [3.8, 4) is 0 Å². The zero-order valence-electron chi connectivity index (χ0n) is 8.17. The third kappa shape index (κ3) is 2.61. The molecule has 2 N–H and O–H groups in total. The first-order valence-corrected chi connectivity index (χ1v) is 5.26. The first kappa shape index (κ1) is 13.6. The zero-order valence-corrected chi connectivity index (χ0v) is 10.5. The second-order valence-corrected chi connectivity index (χ2v) is 4.33. The summed E-state index contributed by atoms with van der Waals surface area (Å²) in [5.41, 5.74) is 1.97. The lowest BCUT2D eigenvalue weighted by molar-refractivity contribution is -0.139. The van der Waals surface area contributed by atoms with Crippen LogP contribution in [-0.2, 0) is 17.8 Å². The monoisotopic (exact) mass is 281 g/mol. The van der Waals surface area contributed by atoms with Gasteiger partial charge in [-0.25, -0.2) is 0 Å². The quantitative estimate of drug-likeness (QED) is 0.832. The van der Waals surface area contributed by atoms with Crippen LogP contribution in [0, 0.1) is 0 Å². The Balaban J connectivity index is 0.00000128. The van der Waals surface area contributed by atoms with Crippen molar-refractivity contribution in [2.75, 3.05) is 0 Å². The summed E-state index contributed by atoms with van der Waals surface area (Å²) in [6, 6.07) is 3.00. The molecule has 1 aliphatic heterocycles. The lowest BCUT2D eigenvalue weighted by Gasteiger charge is -2.23. The molecular weight excluding hydrogens is 272 g/mol. The number of carboxylic acids is 1. The average Bonchev–Trinajstić information content (AvgIpc) is 2.19. The second-order valence-electron chi connectivity index (χ2n) is 3.51. The van der Waals surface area contributed by atoms with Crippen molar-refractivity contribution >= 4 is 41.6 Å².